The van der Waals surface area contributed by atoms with Gasteiger partial charge in [-0.3, -0.25) is 0 Å². The van der Waals surface area contributed by atoms with E-state index in [0.717, 1.165) is 23.8 Å². The average Bonchev–Trinajstić information content (AvgIpc) is 2.78. The molecule has 2 rings (SSSR count). The Labute approximate surface area is 114 Å². The van der Waals surface area contributed by atoms with E-state index in [9.17, 15) is 0 Å². The molecule has 1 aromatic heterocycles. The van der Waals surface area contributed by atoms with Crippen molar-refractivity contribution in [1.29, 1.82) is 0 Å². The Kier molecular flexibility index (Phi) is 4.45. The minimum absolute atomic E-state index is 0.670. The van der Waals surface area contributed by atoms with Gasteiger partial charge in [0.05, 0.1) is 0 Å². The molecule has 0 radical (unpaired) electrons. The van der Waals surface area contributed by atoms with Crippen LogP contribution in [0.1, 0.15) is 19.5 Å². The van der Waals surface area contributed by atoms with Crippen molar-refractivity contribution in [2.45, 2.75) is 20.4 Å². The van der Waals surface area contributed by atoms with Crippen LogP contribution < -0.4 is 5.32 Å². The molecule has 0 amide bonds. The zero-order valence-electron chi connectivity index (χ0n) is 10.9. The van der Waals surface area contributed by atoms with Gasteiger partial charge in [0.1, 0.15) is 0 Å². The Balaban J connectivity index is 2.10. The Morgan fingerprint density at radius 1 is 1.17 bits per heavy atom. The van der Waals surface area contributed by atoms with E-state index in [4.69, 9.17) is 11.6 Å². The van der Waals surface area contributed by atoms with E-state index in [-0.39, 0.29) is 0 Å². The van der Waals surface area contributed by atoms with Gasteiger partial charge in [-0.2, -0.15) is 0 Å². The zero-order valence-corrected chi connectivity index (χ0v) is 11.6. The fourth-order valence-electron chi connectivity index (χ4n) is 1.90. The summed E-state index contributed by atoms with van der Waals surface area (Å²) >= 11 is 5.91. The van der Waals surface area contributed by atoms with Crippen LogP contribution in [0.5, 0.6) is 0 Å². The quantitative estimate of drug-likeness (QED) is 0.865. The second-order valence-corrected chi connectivity index (χ2v) is 5.31. The standard InChI is InChI=1S/C15H19ClN2/c1-12(2)10-17-11-15-4-3-9-18(15)14-7-5-13(16)6-8-14/h3-9,12,17H,10-11H2,1-2H3. The van der Waals surface area contributed by atoms with Gasteiger partial charge in [0, 0.05) is 29.1 Å². The highest BCUT2D eigenvalue weighted by atomic mass is 35.5. The van der Waals surface area contributed by atoms with Gasteiger partial charge in [-0.1, -0.05) is 25.4 Å². The smallest absolute Gasteiger partial charge is 0.0453 e. The number of hydrogen-bond acceptors (Lipinski definition) is 1. The fraction of sp³-hybridized carbons (Fsp3) is 0.333. The average molecular weight is 263 g/mol. The molecule has 18 heavy (non-hydrogen) atoms. The molecule has 0 saturated carbocycles. The van der Waals surface area contributed by atoms with Gasteiger partial charge in [-0.25, -0.2) is 0 Å². The molecule has 3 heteroatoms. The largest absolute Gasteiger partial charge is 0.320 e. The lowest BCUT2D eigenvalue weighted by Gasteiger charge is -2.11. The van der Waals surface area contributed by atoms with Crippen LogP contribution in [0.25, 0.3) is 5.69 Å². The molecule has 1 N–H and O–H groups in total. The van der Waals surface area contributed by atoms with Crippen LogP contribution in [-0.4, -0.2) is 11.1 Å². The van der Waals surface area contributed by atoms with Gasteiger partial charge < -0.3 is 9.88 Å². The van der Waals surface area contributed by atoms with Gasteiger partial charge in [0.2, 0.25) is 0 Å². The molecule has 96 valence electrons. The number of nitrogens with zero attached hydrogens (tertiary/aromatic N) is 1. The highest BCUT2D eigenvalue weighted by Gasteiger charge is 2.03. The number of rotatable bonds is 5. The van der Waals surface area contributed by atoms with Crippen molar-refractivity contribution in [2.75, 3.05) is 6.54 Å². The molecule has 0 aliphatic carbocycles. The van der Waals surface area contributed by atoms with E-state index in [1.807, 2.05) is 24.3 Å². The van der Waals surface area contributed by atoms with Crippen molar-refractivity contribution in [1.82, 2.24) is 9.88 Å². The van der Waals surface area contributed by atoms with Gasteiger partial charge in [-0.15, -0.1) is 0 Å². The lowest BCUT2D eigenvalue weighted by atomic mass is 10.2. The van der Waals surface area contributed by atoms with Crippen molar-refractivity contribution < 1.29 is 0 Å². The molecule has 0 bridgehead atoms. The Morgan fingerprint density at radius 2 is 1.89 bits per heavy atom. The maximum Gasteiger partial charge on any atom is 0.0453 e. The second-order valence-electron chi connectivity index (χ2n) is 4.87. The Morgan fingerprint density at radius 3 is 2.56 bits per heavy atom. The summed E-state index contributed by atoms with van der Waals surface area (Å²) in [5.74, 6) is 0.670. The Bertz CT molecular complexity index is 485. The topological polar surface area (TPSA) is 17.0 Å². The van der Waals surface area contributed by atoms with Crippen molar-refractivity contribution in [3.8, 4) is 5.69 Å². The first kappa shape index (κ1) is 13.2. The zero-order chi connectivity index (χ0) is 13.0. The molecule has 0 unspecified atom stereocenters. The van der Waals surface area contributed by atoms with Crippen molar-refractivity contribution in [2.24, 2.45) is 5.92 Å². The van der Waals surface area contributed by atoms with Gasteiger partial charge in [-0.05, 0) is 48.9 Å². The van der Waals surface area contributed by atoms with Crippen LogP contribution in [0.2, 0.25) is 5.02 Å². The molecule has 0 aliphatic rings. The molecule has 0 spiro atoms. The first-order chi connectivity index (χ1) is 8.66. The van der Waals surface area contributed by atoms with Crippen molar-refractivity contribution in [3.05, 3.63) is 53.3 Å². The van der Waals surface area contributed by atoms with Crippen LogP contribution in [0.15, 0.2) is 42.6 Å². The first-order valence-electron chi connectivity index (χ1n) is 6.29. The summed E-state index contributed by atoms with van der Waals surface area (Å²) in [6, 6.07) is 12.1. The molecule has 1 heterocycles. The van der Waals surface area contributed by atoms with E-state index in [2.05, 4.69) is 42.1 Å². The molecular weight excluding hydrogens is 244 g/mol. The highest BCUT2D eigenvalue weighted by molar-refractivity contribution is 6.30. The normalized spacial score (nSPS) is 11.1. The van der Waals surface area contributed by atoms with E-state index in [0.29, 0.717) is 5.92 Å². The third kappa shape index (κ3) is 3.37. The van der Waals surface area contributed by atoms with Crippen molar-refractivity contribution >= 4 is 11.6 Å². The summed E-state index contributed by atoms with van der Waals surface area (Å²) < 4.78 is 2.18. The summed E-state index contributed by atoms with van der Waals surface area (Å²) in [6.07, 6.45) is 2.08. The van der Waals surface area contributed by atoms with Crippen LogP contribution in [-0.2, 0) is 6.54 Å². The second kappa shape index (κ2) is 6.07. The number of benzene rings is 1. The summed E-state index contributed by atoms with van der Waals surface area (Å²) in [5.41, 5.74) is 2.41. The SMILES string of the molecule is CC(C)CNCc1cccn1-c1ccc(Cl)cc1. The molecule has 0 aliphatic heterocycles. The van der Waals surface area contributed by atoms with Crippen LogP contribution in [0, 0.1) is 5.92 Å². The lowest BCUT2D eigenvalue weighted by molar-refractivity contribution is 0.545. The molecule has 1 aromatic carbocycles. The van der Waals surface area contributed by atoms with Gasteiger partial charge >= 0.3 is 0 Å². The summed E-state index contributed by atoms with van der Waals surface area (Å²) in [4.78, 5) is 0. The molecule has 2 nitrogen and oxygen atoms in total. The van der Waals surface area contributed by atoms with Gasteiger partial charge in [0.25, 0.3) is 0 Å². The minimum atomic E-state index is 0.670. The monoisotopic (exact) mass is 262 g/mol. The summed E-state index contributed by atoms with van der Waals surface area (Å²) in [6.45, 7) is 6.34. The fourth-order valence-corrected chi connectivity index (χ4v) is 2.03. The minimum Gasteiger partial charge on any atom is -0.320 e. The third-order valence-electron chi connectivity index (χ3n) is 2.80. The third-order valence-corrected chi connectivity index (χ3v) is 3.05. The number of halogens is 1. The number of nitrogens with one attached hydrogen (secondary N) is 1. The molecule has 0 atom stereocenters. The maximum atomic E-state index is 5.91. The highest BCUT2D eigenvalue weighted by Crippen LogP contribution is 2.16. The first-order valence-corrected chi connectivity index (χ1v) is 6.67. The van der Waals surface area contributed by atoms with Crippen LogP contribution in [0.3, 0.4) is 0 Å². The molecule has 2 aromatic rings. The molecule has 0 fully saturated rings. The number of hydrogen-bond donors (Lipinski definition) is 1. The van der Waals surface area contributed by atoms with E-state index < -0.39 is 0 Å². The lowest BCUT2D eigenvalue weighted by Crippen LogP contribution is -2.20. The van der Waals surface area contributed by atoms with E-state index >= 15 is 0 Å². The predicted molar refractivity (Wildman–Crippen MR) is 77.3 cm³/mol. The van der Waals surface area contributed by atoms with Crippen LogP contribution in [0.4, 0.5) is 0 Å². The summed E-state index contributed by atoms with van der Waals surface area (Å²) in [7, 11) is 0. The maximum absolute atomic E-state index is 5.91. The predicted octanol–water partition coefficient (Wildman–Crippen LogP) is 3.88. The van der Waals surface area contributed by atoms with E-state index in [1.165, 1.54) is 5.69 Å². The van der Waals surface area contributed by atoms with Crippen molar-refractivity contribution in [3.63, 3.8) is 0 Å². The molecular formula is C15H19ClN2. The number of aromatic nitrogens is 1. The van der Waals surface area contributed by atoms with Crippen LogP contribution >= 0.6 is 11.6 Å². The summed E-state index contributed by atoms with van der Waals surface area (Å²) in [5, 5.41) is 4.23. The Hall–Kier alpha value is -1.25. The molecule has 0 saturated heterocycles. The van der Waals surface area contributed by atoms with E-state index in [1.54, 1.807) is 0 Å². The van der Waals surface area contributed by atoms with Gasteiger partial charge in [0.15, 0.2) is 0 Å².